The van der Waals surface area contributed by atoms with E-state index in [0.717, 1.165) is 19.7 Å². The highest BCUT2D eigenvalue weighted by Crippen LogP contribution is 2.36. The van der Waals surface area contributed by atoms with Crippen LogP contribution in [0.25, 0.3) is 0 Å². The van der Waals surface area contributed by atoms with E-state index in [2.05, 4.69) is 43.4 Å². The standard InChI is InChI=1S/C15H23NOS/c1-4-17-15(2,3)11-16-10-13-9-12-7-5-6-8-14(12)18-13/h5-8,13,16H,4,9-11H2,1-3H3. The number of benzene rings is 1. The van der Waals surface area contributed by atoms with E-state index in [0.29, 0.717) is 5.25 Å². The van der Waals surface area contributed by atoms with Crippen molar-refractivity contribution in [3.8, 4) is 0 Å². The minimum absolute atomic E-state index is 0.0646. The Hall–Kier alpha value is -0.510. The average Bonchev–Trinajstić information content (AvgIpc) is 2.71. The number of rotatable bonds is 6. The van der Waals surface area contributed by atoms with Crippen LogP contribution in [0.5, 0.6) is 0 Å². The van der Waals surface area contributed by atoms with Gasteiger partial charge < -0.3 is 10.1 Å². The zero-order valence-electron chi connectivity index (χ0n) is 11.5. The van der Waals surface area contributed by atoms with Crippen LogP contribution in [0.2, 0.25) is 0 Å². The molecule has 0 radical (unpaired) electrons. The smallest absolute Gasteiger partial charge is 0.0750 e. The van der Waals surface area contributed by atoms with Crippen molar-refractivity contribution >= 4 is 11.8 Å². The monoisotopic (exact) mass is 265 g/mol. The molecule has 100 valence electrons. The molecule has 0 saturated carbocycles. The SMILES string of the molecule is CCOC(C)(C)CNCC1Cc2ccccc2S1. The molecule has 1 N–H and O–H groups in total. The first-order valence-electron chi connectivity index (χ1n) is 6.70. The van der Waals surface area contributed by atoms with Crippen LogP contribution >= 0.6 is 11.8 Å². The highest BCUT2D eigenvalue weighted by molar-refractivity contribution is 8.00. The number of hydrogen-bond acceptors (Lipinski definition) is 3. The third-order valence-electron chi connectivity index (χ3n) is 3.17. The third kappa shape index (κ3) is 3.74. The number of hydrogen-bond donors (Lipinski definition) is 1. The molecule has 2 nitrogen and oxygen atoms in total. The first-order valence-corrected chi connectivity index (χ1v) is 7.58. The molecule has 18 heavy (non-hydrogen) atoms. The van der Waals surface area contributed by atoms with E-state index in [4.69, 9.17) is 4.74 Å². The minimum Gasteiger partial charge on any atom is -0.375 e. The molecule has 1 heterocycles. The summed E-state index contributed by atoms with van der Waals surface area (Å²) in [6, 6.07) is 8.73. The van der Waals surface area contributed by atoms with Crippen molar-refractivity contribution in [3.63, 3.8) is 0 Å². The van der Waals surface area contributed by atoms with Gasteiger partial charge in [-0.05, 0) is 38.8 Å². The van der Waals surface area contributed by atoms with Gasteiger partial charge in [-0.25, -0.2) is 0 Å². The number of thioether (sulfide) groups is 1. The second kappa shape index (κ2) is 6.09. The fraction of sp³-hybridized carbons (Fsp3) is 0.600. The molecule has 0 aliphatic carbocycles. The van der Waals surface area contributed by atoms with E-state index in [1.807, 2.05) is 18.7 Å². The molecule has 0 amide bonds. The van der Waals surface area contributed by atoms with Crippen molar-refractivity contribution in [2.45, 2.75) is 42.9 Å². The molecule has 1 aromatic rings. The van der Waals surface area contributed by atoms with Crippen molar-refractivity contribution < 1.29 is 4.74 Å². The van der Waals surface area contributed by atoms with Crippen molar-refractivity contribution in [1.82, 2.24) is 5.32 Å². The van der Waals surface area contributed by atoms with Crippen LogP contribution in [0.15, 0.2) is 29.2 Å². The third-order valence-corrected chi connectivity index (χ3v) is 4.49. The topological polar surface area (TPSA) is 21.3 Å². The predicted octanol–water partition coefficient (Wildman–Crippen LogP) is 3.11. The molecule has 3 heteroatoms. The summed E-state index contributed by atoms with van der Waals surface area (Å²) in [6.07, 6.45) is 1.18. The second-order valence-electron chi connectivity index (χ2n) is 5.38. The zero-order chi connectivity index (χ0) is 13.0. The molecular weight excluding hydrogens is 242 g/mol. The molecule has 0 fully saturated rings. The Morgan fingerprint density at radius 3 is 2.89 bits per heavy atom. The van der Waals surface area contributed by atoms with Crippen LogP contribution in [-0.4, -0.2) is 30.5 Å². The Bertz CT molecular complexity index is 367. The largest absolute Gasteiger partial charge is 0.375 e. The lowest BCUT2D eigenvalue weighted by Crippen LogP contribution is -2.40. The van der Waals surface area contributed by atoms with Gasteiger partial charge >= 0.3 is 0 Å². The summed E-state index contributed by atoms with van der Waals surface area (Å²) in [5.41, 5.74) is 1.43. The van der Waals surface area contributed by atoms with Crippen LogP contribution in [0, 0.1) is 0 Å². The normalized spacial score (nSPS) is 18.9. The predicted molar refractivity (Wildman–Crippen MR) is 78.4 cm³/mol. The number of nitrogens with one attached hydrogen (secondary N) is 1. The van der Waals surface area contributed by atoms with Gasteiger partial charge in [-0.3, -0.25) is 0 Å². The summed E-state index contributed by atoms with van der Waals surface area (Å²) < 4.78 is 5.69. The van der Waals surface area contributed by atoms with Crippen molar-refractivity contribution in [2.24, 2.45) is 0 Å². The van der Waals surface area contributed by atoms with Gasteiger partial charge in [0.15, 0.2) is 0 Å². The van der Waals surface area contributed by atoms with Gasteiger partial charge in [-0.1, -0.05) is 18.2 Å². The zero-order valence-corrected chi connectivity index (χ0v) is 12.3. The van der Waals surface area contributed by atoms with E-state index in [-0.39, 0.29) is 5.60 Å². The minimum atomic E-state index is -0.0646. The van der Waals surface area contributed by atoms with E-state index in [9.17, 15) is 0 Å². The molecule has 0 saturated heterocycles. The van der Waals surface area contributed by atoms with Gasteiger partial charge in [0, 0.05) is 29.8 Å². The average molecular weight is 265 g/mol. The summed E-state index contributed by atoms with van der Waals surface area (Å²) in [6.45, 7) is 9.06. The lowest BCUT2D eigenvalue weighted by Gasteiger charge is -2.25. The molecule has 1 aromatic carbocycles. The molecular formula is C15H23NOS. The lowest BCUT2D eigenvalue weighted by molar-refractivity contribution is -0.00857. The van der Waals surface area contributed by atoms with Crippen molar-refractivity contribution in [2.75, 3.05) is 19.7 Å². The Balaban J connectivity index is 1.74. The van der Waals surface area contributed by atoms with E-state index in [1.54, 1.807) is 0 Å². The van der Waals surface area contributed by atoms with Crippen LogP contribution < -0.4 is 5.32 Å². The number of fused-ring (bicyclic) bond motifs is 1. The van der Waals surface area contributed by atoms with E-state index in [1.165, 1.54) is 16.9 Å². The van der Waals surface area contributed by atoms with E-state index < -0.39 is 0 Å². The van der Waals surface area contributed by atoms with Gasteiger partial charge in [-0.15, -0.1) is 11.8 Å². The molecule has 1 unspecified atom stereocenters. The van der Waals surface area contributed by atoms with E-state index >= 15 is 0 Å². The van der Waals surface area contributed by atoms with Crippen molar-refractivity contribution in [1.29, 1.82) is 0 Å². The van der Waals surface area contributed by atoms with Gasteiger partial charge in [0.2, 0.25) is 0 Å². The molecule has 0 spiro atoms. The first kappa shape index (κ1) is 13.9. The maximum atomic E-state index is 5.69. The molecule has 0 bridgehead atoms. The van der Waals surface area contributed by atoms with Crippen LogP contribution in [0.1, 0.15) is 26.3 Å². The van der Waals surface area contributed by atoms with Crippen LogP contribution in [-0.2, 0) is 11.2 Å². The molecule has 1 aliphatic heterocycles. The Labute approximate surface area is 114 Å². The first-order chi connectivity index (χ1) is 8.61. The Kier molecular flexibility index (Phi) is 4.71. The van der Waals surface area contributed by atoms with Crippen LogP contribution in [0.3, 0.4) is 0 Å². The van der Waals surface area contributed by atoms with Gasteiger partial charge in [-0.2, -0.15) is 0 Å². The summed E-state index contributed by atoms with van der Waals surface area (Å²) >= 11 is 2.00. The van der Waals surface area contributed by atoms with Gasteiger partial charge in [0.05, 0.1) is 5.60 Å². The summed E-state index contributed by atoms with van der Waals surface area (Å²) in [5, 5.41) is 4.21. The molecule has 1 aliphatic rings. The van der Waals surface area contributed by atoms with Gasteiger partial charge in [0.25, 0.3) is 0 Å². The quantitative estimate of drug-likeness (QED) is 0.854. The molecule has 0 aromatic heterocycles. The Morgan fingerprint density at radius 2 is 2.17 bits per heavy atom. The van der Waals surface area contributed by atoms with Gasteiger partial charge in [0.1, 0.15) is 0 Å². The Morgan fingerprint density at radius 1 is 1.39 bits per heavy atom. The summed E-state index contributed by atoms with van der Waals surface area (Å²) in [5.74, 6) is 0. The maximum Gasteiger partial charge on any atom is 0.0750 e. The highest BCUT2D eigenvalue weighted by Gasteiger charge is 2.23. The summed E-state index contributed by atoms with van der Waals surface area (Å²) in [4.78, 5) is 1.45. The second-order valence-corrected chi connectivity index (χ2v) is 6.72. The van der Waals surface area contributed by atoms with Crippen molar-refractivity contribution in [3.05, 3.63) is 29.8 Å². The maximum absolute atomic E-state index is 5.69. The highest BCUT2D eigenvalue weighted by atomic mass is 32.2. The summed E-state index contributed by atoms with van der Waals surface area (Å²) in [7, 11) is 0. The number of ether oxygens (including phenoxy) is 1. The molecule has 2 rings (SSSR count). The fourth-order valence-electron chi connectivity index (χ4n) is 2.34. The lowest BCUT2D eigenvalue weighted by atomic mass is 10.1. The van der Waals surface area contributed by atoms with Crippen LogP contribution in [0.4, 0.5) is 0 Å². The molecule has 1 atom stereocenters. The fourth-order valence-corrected chi connectivity index (χ4v) is 3.63.